The van der Waals surface area contributed by atoms with Crippen LogP contribution in [0.3, 0.4) is 0 Å². The largest absolute Gasteiger partial charge is 0.368 e. The van der Waals surface area contributed by atoms with E-state index < -0.39 is 0 Å². The molecule has 2 aromatic carbocycles. The van der Waals surface area contributed by atoms with Crippen LogP contribution in [0.5, 0.6) is 0 Å². The van der Waals surface area contributed by atoms with E-state index in [1.54, 1.807) is 0 Å². The number of piperazine rings is 1. The number of carbonyl (C=O) groups is 1. The van der Waals surface area contributed by atoms with Gasteiger partial charge < -0.3 is 9.80 Å². The van der Waals surface area contributed by atoms with Gasteiger partial charge in [-0.2, -0.15) is 0 Å². The van der Waals surface area contributed by atoms with E-state index >= 15 is 0 Å². The zero-order valence-electron chi connectivity index (χ0n) is 15.4. The first-order valence-corrected chi connectivity index (χ1v) is 9.78. The van der Waals surface area contributed by atoms with Crippen molar-refractivity contribution in [2.24, 2.45) is 5.92 Å². The maximum Gasteiger partial charge on any atom is 0.226 e. The maximum atomic E-state index is 12.9. The molecule has 2 fully saturated rings. The highest BCUT2D eigenvalue weighted by Gasteiger charge is 2.46. The minimum Gasteiger partial charge on any atom is -0.368 e. The summed E-state index contributed by atoms with van der Waals surface area (Å²) in [5.74, 6) is 0.714. The summed E-state index contributed by atoms with van der Waals surface area (Å²) in [6.45, 7) is 7.75. The third kappa shape index (κ3) is 3.21. The molecule has 0 bridgehead atoms. The van der Waals surface area contributed by atoms with Gasteiger partial charge in [-0.1, -0.05) is 41.9 Å². The Kier molecular flexibility index (Phi) is 4.66. The molecule has 4 heteroatoms. The number of hydrogen-bond acceptors (Lipinski definition) is 2. The van der Waals surface area contributed by atoms with Crippen molar-refractivity contribution >= 4 is 23.2 Å². The Morgan fingerprint density at radius 3 is 2.46 bits per heavy atom. The Balaban J connectivity index is 1.38. The van der Waals surface area contributed by atoms with Crippen molar-refractivity contribution in [3.63, 3.8) is 0 Å². The van der Waals surface area contributed by atoms with Crippen molar-refractivity contribution in [2.75, 3.05) is 31.1 Å². The van der Waals surface area contributed by atoms with Crippen LogP contribution in [0, 0.1) is 19.8 Å². The lowest BCUT2D eigenvalue weighted by Gasteiger charge is -2.37. The average Bonchev–Trinajstić information content (AvgIpc) is 3.44. The third-order valence-electron chi connectivity index (χ3n) is 5.92. The summed E-state index contributed by atoms with van der Waals surface area (Å²) in [5.41, 5.74) is 5.09. The summed E-state index contributed by atoms with van der Waals surface area (Å²) in [4.78, 5) is 17.3. The van der Waals surface area contributed by atoms with E-state index in [1.165, 1.54) is 16.8 Å². The summed E-state index contributed by atoms with van der Waals surface area (Å²) in [5, 5.41) is 0.785. The van der Waals surface area contributed by atoms with E-state index in [9.17, 15) is 4.79 Å². The summed E-state index contributed by atoms with van der Waals surface area (Å²) in [6, 6.07) is 14.4. The summed E-state index contributed by atoms with van der Waals surface area (Å²) < 4.78 is 0. The van der Waals surface area contributed by atoms with Crippen molar-refractivity contribution in [1.82, 2.24) is 4.90 Å². The predicted octanol–water partition coefficient (Wildman–Crippen LogP) is 4.41. The van der Waals surface area contributed by atoms with Gasteiger partial charge in [-0.3, -0.25) is 4.79 Å². The van der Waals surface area contributed by atoms with Gasteiger partial charge in [0.1, 0.15) is 0 Å². The highest BCUT2D eigenvalue weighted by molar-refractivity contribution is 6.31. The van der Waals surface area contributed by atoms with Gasteiger partial charge in [0.25, 0.3) is 0 Å². The molecule has 1 aliphatic heterocycles. The molecule has 0 aromatic heterocycles. The molecule has 2 atom stereocenters. The zero-order valence-corrected chi connectivity index (χ0v) is 16.2. The standard InChI is InChI=1S/C22H25ClN2O/c1-15-6-5-9-21(16(15)2)24-10-12-25(13-11-24)22(26)19-14-18(19)17-7-3-4-8-20(17)23/h3-9,18-19H,10-14H2,1-2H3. The molecule has 26 heavy (non-hydrogen) atoms. The third-order valence-corrected chi connectivity index (χ3v) is 6.26. The molecule has 0 spiro atoms. The van der Waals surface area contributed by atoms with E-state index in [1.807, 2.05) is 23.1 Å². The van der Waals surface area contributed by atoms with Crippen molar-refractivity contribution in [3.8, 4) is 0 Å². The minimum atomic E-state index is 0.113. The number of benzene rings is 2. The van der Waals surface area contributed by atoms with Crippen LogP contribution in [0.25, 0.3) is 0 Å². The highest BCUT2D eigenvalue weighted by atomic mass is 35.5. The van der Waals surface area contributed by atoms with Gasteiger partial charge in [0.15, 0.2) is 0 Å². The molecule has 0 radical (unpaired) electrons. The van der Waals surface area contributed by atoms with Crippen LogP contribution < -0.4 is 4.90 Å². The Hall–Kier alpha value is -2.00. The van der Waals surface area contributed by atoms with Crippen molar-refractivity contribution in [3.05, 3.63) is 64.2 Å². The molecule has 1 amide bonds. The van der Waals surface area contributed by atoms with Gasteiger partial charge in [-0.05, 0) is 55.0 Å². The number of rotatable bonds is 3. The van der Waals surface area contributed by atoms with Gasteiger partial charge in [0, 0.05) is 42.8 Å². The normalized spacial score (nSPS) is 22.4. The lowest BCUT2D eigenvalue weighted by atomic mass is 10.1. The van der Waals surface area contributed by atoms with Crippen molar-refractivity contribution in [1.29, 1.82) is 0 Å². The maximum absolute atomic E-state index is 12.9. The van der Waals surface area contributed by atoms with Crippen LogP contribution in [0.1, 0.15) is 29.0 Å². The average molecular weight is 369 g/mol. The number of hydrogen-bond donors (Lipinski definition) is 0. The molecule has 1 heterocycles. The monoisotopic (exact) mass is 368 g/mol. The molecule has 1 saturated heterocycles. The second-order valence-electron chi connectivity index (χ2n) is 7.50. The number of amides is 1. The van der Waals surface area contributed by atoms with Crippen LogP contribution in [0.2, 0.25) is 5.02 Å². The van der Waals surface area contributed by atoms with Gasteiger partial charge in [-0.25, -0.2) is 0 Å². The molecule has 3 nitrogen and oxygen atoms in total. The van der Waals surface area contributed by atoms with E-state index in [-0.39, 0.29) is 5.92 Å². The number of halogens is 1. The van der Waals surface area contributed by atoms with Crippen molar-refractivity contribution < 1.29 is 4.79 Å². The zero-order chi connectivity index (χ0) is 18.3. The van der Waals surface area contributed by atoms with Gasteiger partial charge in [-0.15, -0.1) is 0 Å². The lowest BCUT2D eigenvalue weighted by molar-refractivity contribution is -0.132. The Bertz CT molecular complexity index is 827. The Morgan fingerprint density at radius 2 is 1.73 bits per heavy atom. The fourth-order valence-electron chi connectivity index (χ4n) is 4.07. The van der Waals surface area contributed by atoms with Gasteiger partial charge in [0.05, 0.1) is 0 Å². The molecule has 1 saturated carbocycles. The van der Waals surface area contributed by atoms with Crippen LogP contribution in [-0.2, 0) is 4.79 Å². The van der Waals surface area contributed by atoms with E-state index in [0.717, 1.165) is 43.2 Å². The topological polar surface area (TPSA) is 23.6 Å². The van der Waals surface area contributed by atoms with Gasteiger partial charge >= 0.3 is 0 Å². The number of anilines is 1. The minimum absolute atomic E-state index is 0.113. The second kappa shape index (κ2) is 6.96. The molecule has 2 aliphatic rings. The van der Waals surface area contributed by atoms with Crippen LogP contribution in [-0.4, -0.2) is 37.0 Å². The molecular weight excluding hydrogens is 344 g/mol. The molecule has 4 rings (SSSR count). The molecule has 0 N–H and O–H groups in total. The first-order valence-electron chi connectivity index (χ1n) is 9.40. The molecule has 1 aliphatic carbocycles. The van der Waals surface area contributed by atoms with Crippen LogP contribution in [0.15, 0.2) is 42.5 Å². The van der Waals surface area contributed by atoms with E-state index in [4.69, 9.17) is 11.6 Å². The van der Waals surface area contributed by atoms with E-state index in [0.29, 0.717) is 11.8 Å². The van der Waals surface area contributed by atoms with Crippen molar-refractivity contribution in [2.45, 2.75) is 26.2 Å². The quantitative estimate of drug-likeness (QED) is 0.801. The smallest absolute Gasteiger partial charge is 0.226 e. The van der Waals surface area contributed by atoms with Gasteiger partial charge in [0.2, 0.25) is 5.91 Å². The van der Waals surface area contributed by atoms with E-state index in [2.05, 4.69) is 43.0 Å². The summed E-state index contributed by atoms with van der Waals surface area (Å²) in [7, 11) is 0. The molecule has 2 unspecified atom stereocenters. The summed E-state index contributed by atoms with van der Waals surface area (Å²) >= 11 is 6.30. The fourth-order valence-corrected chi connectivity index (χ4v) is 4.34. The fraction of sp³-hybridized carbons (Fsp3) is 0.409. The Labute approximate surface area is 160 Å². The molecule has 2 aromatic rings. The number of aryl methyl sites for hydroxylation is 1. The second-order valence-corrected chi connectivity index (χ2v) is 7.91. The predicted molar refractivity (Wildman–Crippen MR) is 107 cm³/mol. The van der Waals surface area contributed by atoms with Crippen LogP contribution in [0.4, 0.5) is 5.69 Å². The molecular formula is C22H25ClN2O. The number of carbonyl (C=O) groups excluding carboxylic acids is 1. The first kappa shape index (κ1) is 17.4. The highest BCUT2D eigenvalue weighted by Crippen LogP contribution is 2.50. The Morgan fingerprint density at radius 1 is 1.00 bits per heavy atom. The first-order chi connectivity index (χ1) is 12.6. The lowest BCUT2D eigenvalue weighted by Crippen LogP contribution is -2.49. The summed E-state index contributed by atoms with van der Waals surface area (Å²) in [6.07, 6.45) is 0.930. The van der Waals surface area contributed by atoms with Crippen LogP contribution >= 0.6 is 11.6 Å². The molecule has 136 valence electrons. The number of nitrogens with zero attached hydrogens (tertiary/aromatic N) is 2. The SMILES string of the molecule is Cc1cccc(N2CCN(C(=O)C3CC3c3ccccc3Cl)CC2)c1C.